The molecule has 4 rings (SSSR count). The van der Waals surface area contributed by atoms with E-state index in [0.717, 1.165) is 12.8 Å². The molecule has 0 bridgehead atoms. The molecule has 0 aliphatic heterocycles. The van der Waals surface area contributed by atoms with Crippen LogP contribution < -0.4 is 0 Å². The van der Waals surface area contributed by atoms with Crippen molar-refractivity contribution in [2.75, 3.05) is 0 Å². The van der Waals surface area contributed by atoms with Crippen molar-refractivity contribution in [3.05, 3.63) is 93.2 Å². The van der Waals surface area contributed by atoms with Gasteiger partial charge in [-0.2, -0.15) is 0 Å². The molecule has 0 radical (unpaired) electrons. The third-order valence-electron chi connectivity index (χ3n) is 4.07. The highest BCUT2D eigenvalue weighted by molar-refractivity contribution is 7.11. The van der Waals surface area contributed by atoms with E-state index in [4.69, 9.17) is 0 Å². The van der Waals surface area contributed by atoms with Crippen LogP contribution in [0.25, 0.3) is 11.6 Å². The van der Waals surface area contributed by atoms with Crippen LogP contribution in [0.1, 0.15) is 27.1 Å². The molecule has 0 saturated heterocycles. The molecule has 0 nitrogen and oxygen atoms in total. The number of fused-ring (bicyclic) bond motifs is 2. The second kappa shape index (κ2) is 5.34. The van der Waals surface area contributed by atoms with Gasteiger partial charge in [-0.25, -0.2) is 0 Å². The minimum atomic E-state index is 1.13. The maximum atomic E-state index is 2.33. The van der Waals surface area contributed by atoms with E-state index in [-0.39, 0.29) is 0 Å². The third-order valence-corrected chi connectivity index (χ3v) is 5.06. The van der Waals surface area contributed by atoms with E-state index in [2.05, 4.69) is 72.1 Å². The predicted molar refractivity (Wildman–Crippen MR) is 91.6 cm³/mol. The molecule has 102 valence electrons. The zero-order chi connectivity index (χ0) is 14.1. The van der Waals surface area contributed by atoms with E-state index in [1.165, 1.54) is 32.7 Å². The van der Waals surface area contributed by atoms with Gasteiger partial charge in [-0.3, -0.25) is 0 Å². The lowest BCUT2D eigenvalue weighted by atomic mass is 9.97. The minimum absolute atomic E-state index is 1.13. The molecule has 0 spiro atoms. The predicted octanol–water partition coefficient (Wildman–Crippen LogP) is 5.44. The Hall–Kier alpha value is -2.12. The molecule has 21 heavy (non-hydrogen) atoms. The summed E-state index contributed by atoms with van der Waals surface area (Å²) in [5.41, 5.74) is 6.98. The fourth-order valence-corrected chi connectivity index (χ4v) is 4.01. The highest BCUT2D eigenvalue weighted by atomic mass is 32.1. The van der Waals surface area contributed by atoms with Crippen LogP contribution in [0.5, 0.6) is 0 Å². The first kappa shape index (κ1) is 12.6. The summed E-state index contributed by atoms with van der Waals surface area (Å²) >= 11 is 1.86. The van der Waals surface area contributed by atoms with Crippen LogP contribution in [0.2, 0.25) is 0 Å². The Labute approximate surface area is 129 Å². The van der Waals surface area contributed by atoms with Crippen LogP contribution >= 0.6 is 11.3 Å². The Morgan fingerprint density at radius 3 is 2.43 bits per heavy atom. The summed E-state index contributed by atoms with van der Waals surface area (Å²) in [7, 11) is 0. The molecule has 0 saturated carbocycles. The normalized spacial score (nSPS) is 15.3. The molecule has 0 amide bonds. The molecular weight excluding hydrogens is 272 g/mol. The molecule has 2 aromatic carbocycles. The summed E-state index contributed by atoms with van der Waals surface area (Å²) in [6, 6.07) is 21.7. The van der Waals surface area contributed by atoms with Crippen LogP contribution in [0.4, 0.5) is 0 Å². The Kier molecular flexibility index (Phi) is 3.21. The maximum absolute atomic E-state index is 2.33. The molecule has 1 aliphatic carbocycles. The first-order chi connectivity index (χ1) is 10.4. The summed E-state index contributed by atoms with van der Waals surface area (Å²) in [5.74, 6) is 0. The average Bonchev–Trinajstić information content (AvgIpc) is 2.95. The van der Waals surface area contributed by atoms with E-state index < -0.39 is 0 Å². The Bertz CT molecular complexity index is 793. The van der Waals surface area contributed by atoms with E-state index in [1.54, 1.807) is 0 Å². The highest BCUT2D eigenvalue weighted by Crippen LogP contribution is 2.37. The van der Waals surface area contributed by atoms with Crippen LogP contribution in [0, 0.1) is 0 Å². The number of hydrogen-bond acceptors (Lipinski definition) is 1. The highest BCUT2D eigenvalue weighted by Gasteiger charge is 2.18. The Morgan fingerprint density at radius 1 is 0.762 bits per heavy atom. The average molecular weight is 288 g/mol. The van der Waals surface area contributed by atoms with Gasteiger partial charge < -0.3 is 0 Å². The first-order valence-corrected chi connectivity index (χ1v) is 8.21. The topological polar surface area (TPSA) is 0 Å². The molecule has 1 aromatic heterocycles. The van der Waals surface area contributed by atoms with Crippen molar-refractivity contribution in [2.24, 2.45) is 0 Å². The van der Waals surface area contributed by atoms with Gasteiger partial charge in [0.2, 0.25) is 0 Å². The second-order valence-corrected chi connectivity index (χ2v) is 6.32. The molecule has 0 N–H and O–H groups in total. The molecule has 1 heterocycles. The monoisotopic (exact) mass is 288 g/mol. The molecule has 3 aromatic rings. The van der Waals surface area contributed by atoms with Crippen molar-refractivity contribution in [3.63, 3.8) is 0 Å². The van der Waals surface area contributed by atoms with Gasteiger partial charge in [0.15, 0.2) is 0 Å². The largest absolute Gasteiger partial charge is 0.144 e. The van der Waals surface area contributed by atoms with E-state index in [9.17, 15) is 0 Å². The van der Waals surface area contributed by atoms with Crippen molar-refractivity contribution in [1.82, 2.24) is 0 Å². The Balaban J connectivity index is 1.96. The van der Waals surface area contributed by atoms with Crippen LogP contribution in [0.15, 0.2) is 66.0 Å². The van der Waals surface area contributed by atoms with Gasteiger partial charge in [-0.15, -0.1) is 11.3 Å². The van der Waals surface area contributed by atoms with Gasteiger partial charge in [0.25, 0.3) is 0 Å². The number of hydrogen-bond donors (Lipinski definition) is 0. The van der Waals surface area contributed by atoms with Gasteiger partial charge in [0.1, 0.15) is 0 Å². The quantitative estimate of drug-likeness (QED) is 0.559. The van der Waals surface area contributed by atoms with Crippen molar-refractivity contribution < 1.29 is 0 Å². The first-order valence-electron chi connectivity index (χ1n) is 7.33. The fraction of sp³-hybridized carbons (Fsp3) is 0.100. The number of thiophene rings is 1. The van der Waals surface area contributed by atoms with E-state index >= 15 is 0 Å². The summed E-state index contributed by atoms with van der Waals surface area (Å²) < 4.78 is 0. The maximum Gasteiger partial charge on any atom is 0.0381 e. The van der Waals surface area contributed by atoms with Gasteiger partial charge in [-0.1, -0.05) is 54.6 Å². The molecule has 0 unspecified atom stereocenters. The third kappa shape index (κ3) is 2.34. The number of benzene rings is 2. The summed E-state index contributed by atoms with van der Waals surface area (Å²) in [5, 5.41) is 2.22. The summed E-state index contributed by atoms with van der Waals surface area (Å²) in [6.07, 6.45) is 4.60. The zero-order valence-electron chi connectivity index (χ0n) is 11.8. The van der Waals surface area contributed by atoms with Crippen molar-refractivity contribution in [1.29, 1.82) is 0 Å². The molecule has 1 aliphatic rings. The SMILES string of the molecule is C(=C1c2ccccc2CCc2ccsc21)c1ccccc1. The van der Waals surface area contributed by atoms with Crippen LogP contribution in [-0.4, -0.2) is 0 Å². The molecule has 0 fully saturated rings. The van der Waals surface area contributed by atoms with E-state index in [0.29, 0.717) is 0 Å². The molecule has 0 atom stereocenters. The van der Waals surface area contributed by atoms with Gasteiger partial charge in [0, 0.05) is 10.5 Å². The number of aryl methyl sites for hydroxylation is 2. The Morgan fingerprint density at radius 2 is 1.52 bits per heavy atom. The van der Waals surface area contributed by atoms with Gasteiger partial charge in [-0.05, 0) is 52.6 Å². The fourth-order valence-electron chi connectivity index (χ4n) is 3.02. The minimum Gasteiger partial charge on any atom is -0.144 e. The molecule has 1 heteroatoms. The zero-order valence-corrected chi connectivity index (χ0v) is 12.6. The van der Waals surface area contributed by atoms with Crippen molar-refractivity contribution in [3.8, 4) is 0 Å². The van der Waals surface area contributed by atoms with Gasteiger partial charge in [0.05, 0.1) is 0 Å². The smallest absolute Gasteiger partial charge is 0.0381 e. The van der Waals surface area contributed by atoms with Crippen molar-refractivity contribution >= 4 is 23.0 Å². The second-order valence-electron chi connectivity index (χ2n) is 5.40. The lowest BCUT2D eigenvalue weighted by Crippen LogP contribution is -1.91. The van der Waals surface area contributed by atoms with Crippen LogP contribution in [-0.2, 0) is 12.8 Å². The number of rotatable bonds is 1. The van der Waals surface area contributed by atoms with Crippen molar-refractivity contribution in [2.45, 2.75) is 12.8 Å². The lowest BCUT2D eigenvalue weighted by Gasteiger charge is -2.09. The standard InChI is InChI=1S/C20H16S/c1-2-6-15(7-3-1)14-19-18-9-5-4-8-16(18)10-11-17-12-13-21-20(17)19/h1-9,12-14H,10-11H2. The van der Waals surface area contributed by atoms with Gasteiger partial charge >= 0.3 is 0 Å². The summed E-state index contributed by atoms with van der Waals surface area (Å²) in [6.45, 7) is 0. The molecular formula is C20H16S. The lowest BCUT2D eigenvalue weighted by molar-refractivity contribution is 0.970. The summed E-state index contributed by atoms with van der Waals surface area (Å²) in [4.78, 5) is 1.43. The van der Waals surface area contributed by atoms with E-state index in [1.807, 2.05) is 11.3 Å². The van der Waals surface area contributed by atoms with Crippen LogP contribution in [0.3, 0.4) is 0 Å².